The predicted octanol–water partition coefficient (Wildman–Crippen LogP) is 2.70. The minimum absolute atomic E-state index is 0.175. The summed E-state index contributed by atoms with van der Waals surface area (Å²) in [5.74, 6) is 2.33. The molecule has 146 valence electrons. The first-order chi connectivity index (χ1) is 12.6. The number of fused-ring (bicyclic) bond motifs is 3. The minimum atomic E-state index is 0.175. The van der Waals surface area contributed by atoms with Crippen LogP contribution in [-0.2, 0) is 9.47 Å². The normalized spacial score (nSPS) is 45.0. The summed E-state index contributed by atoms with van der Waals surface area (Å²) in [4.78, 5) is 4.82. The molecule has 6 unspecified atom stereocenters. The van der Waals surface area contributed by atoms with Crippen LogP contribution >= 0.6 is 0 Å². The van der Waals surface area contributed by atoms with Crippen molar-refractivity contribution >= 4 is 5.96 Å². The van der Waals surface area contributed by atoms with Crippen molar-refractivity contribution in [2.45, 2.75) is 83.6 Å². The molecule has 5 aliphatic rings. The van der Waals surface area contributed by atoms with Crippen LogP contribution in [0, 0.1) is 22.7 Å². The van der Waals surface area contributed by atoms with Gasteiger partial charge in [0, 0.05) is 54.5 Å². The SMILES string of the molecule is CCN=C(NC1C2CCCOC2C1(C)C)NC1C2CCOC2C12CCC2. The molecule has 2 N–H and O–H groups in total. The van der Waals surface area contributed by atoms with Gasteiger partial charge in [0.1, 0.15) is 0 Å². The van der Waals surface area contributed by atoms with Crippen LogP contribution in [-0.4, -0.2) is 50.0 Å². The van der Waals surface area contributed by atoms with Crippen molar-refractivity contribution < 1.29 is 9.47 Å². The Labute approximate surface area is 157 Å². The lowest BCUT2D eigenvalue weighted by Crippen LogP contribution is -2.75. The van der Waals surface area contributed by atoms with Gasteiger partial charge >= 0.3 is 0 Å². The minimum Gasteiger partial charge on any atom is -0.377 e. The third-order valence-electron chi connectivity index (χ3n) is 8.27. The average molecular weight is 362 g/mol. The van der Waals surface area contributed by atoms with Crippen molar-refractivity contribution in [3.05, 3.63) is 0 Å². The Morgan fingerprint density at radius 2 is 1.69 bits per heavy atom. The number of guanidine groups is 1. The molecule has 5 rings (SSSR count). The summed E-state index contributed by atoms with van der Waals surface area (Å²) >= 11 is 0. The fourth-order valence-corrected chi connectivity index (χ4v) is 6.86. The van der Waals surface area contributed by atoms with Gasteiger partial charge in [-0.05, 0) is 39.0 Å². The molecule has 0 amide bonds. The van der Waals surface area contributed by atoms with E-state index in [1.165, 1.54) is 38.5 Å². The first kappa shape index (κ1) is 17.3. The Morgan fingerprint density at radius 3 is 2.42 bits per heavy atom. The Bertz CT molecular complexity index is 586. The van der Waals surface area contributed by atoms with Crippen LogP contribution in [0.2, 0.25) is 0 Å². The van der Waals surface area contributed by atoms with Gasteiger partial charge in [-0.1, -0.05) is 20.3 Å². The monoisotopic (exact) mass is 361 g/mol. The van der Waals surface area contributed by atoms with Crippen LogP contribution in [0.5, 0.6) is 0 Å². The van der Waals surface area contributed by atoms with Gasteiger partial charge in [0.2, 0.25) is 0 Å². The van der Waals surface area contributed by atoms with E-state index in [2.05, 4.69) is 31.4 Å². The van der Waals surface area contributed by atoms with E-state index in [0.29, 0.717) is 41.5 Å². The lowest BCUT2D eigenvalue weighted by molar-refractivity contribution is -0.189. The molecule has 0 aromatic heterocycles. The van der Waals surface area contributed by atoms with E-state index in [9.17, 15) is 0 Å². The van der Waals surface area contributed by atoms with E-state index in [0.717, 1.165) is 25.7 Å². The van der Waals surface area contributed by atoms with Crippen LogP contribution in [0.15, 0.2) is 4.99 Å². The topological polar surface area (TPSA) is 54.9 Å². The van der Waals surface area contributed by atoms with Gasteiger partial charge in [0.25, 0.3) is 0 Å². The molecule has 3 aliphatic carbocycles. The van der Waals surface area contributed by atoms with Gasteiger partial charge in [-0.25, -0.2) is 0 Å². The van der Waals surface area contributed by atoms with Crippen molar-refractivity contribution in [2.24, 2.45) is 27.7 Å². The first-order valence-corrected chi connectivity index (χ1v) is 10.9. The molecule has 2 saturated heterocycles. The van der Waals surface area contributed by atoms with Crippen LogP contribution in [0.3, 0.4) is 0 Å². The fourth-order valence-electron chi connectivity index (χ4n) is 6.86. The summed E-state index contributed by atoms with van der Waals surface area (Å²) in [5, 5.41) is 7.70. The van der Waals surface area contributed by atoms with Crippen molar-refractivity contribution in [3.8, 4) is 0 Å². The molecule has 0 aromatic rings. The molecule has 1 spiro atoms. The first-order valence-electron chi connectivity index (χ1n) is 10.9. The summed E-state index contributed by atoms with van der Waals surface area (Å²) < 4.78 is 12.2. The Balaban J connectivity index is 1.30. The van der Waals surface area contributed by atoms with E-state index < -0.39 is 0 Å². The van der Waals surface area contributed by atoms with Crippen LogP contribution in [0.1, 0.15) is 59.3 Å². The predicted molar refractivity (Wildman–Crippen MR) is 102 cm³/mol. The third-order valence-corrected chi connectivity index (χ3v) is 8.27. The molecule has 0 bridgehead atoms. The second-order valence-corrected chi connectivity index (χ2v) is 9.82. The van der Waals surface area contributed by atoms with Gasteiger partial charge in [-0.15, -0.1) is 0 Å². The summed E-state index contributed by atoms with van der Waals surface area (Å²) in [5.41, 5.74) is 0.566. The fraction of sp³-hybridized carbons (Fsp3) is 0.952. The van der Waals surface area contributed by atoms with E-state index in [4.69, 9.17) is 14.5 Å². The lowest BCUT2D eigenvalue weighted by Gasteiger charge is -2.64. The molecule has 2 aliphatic heterocycles. The molecule has 6 atom stereocenters. The number of hydrogen-bond acceptors (Lipinski definition) is 3. The highest BCUT2D eigenvalue weighted by Gasteiger charge is 2.67. The molecular formula is C21H35N3O2. The van der Waals surface area contributed by atoms with Gasteiger partial charge in [-0.2, -0.15) is 0 Å². The van der Waals surface area contributed by atoms with Gasteiger partial charge in [0.15, 0.2) is 5.96 Å². The molecule has 3 saturated carbocycles. The van der Waals surface area contributed by atoms with Gasteiger partial charge < -0.3 is 20.1 Å². The molecule has 2 heterocycles. The maximum Gasteiger partial charge on any atom is 0.191 e. The van der Waals surface area contributed by atoms with Gasteiger partial charge in [0.05, 0.1) is 12.2 Å². The van der Waals surface area contributed by atoms with E-state index in [1.54, 1.807) is 0 Å². The molecule has 0 radical (unpaired) electrons. The number of nitrogens with one attached hydrogen (secondary N) is 2. The number of nitrogens with zero attached hydrogens (tertiary/aromatic N) is 1. The smallest absolute Gasteiger partial charge is 0.191 e. The van der Waals surface area contributed by atoms with E-state index in [-0.39, 0.29) is 5.41 Å². The van der Waals surface area contributed by atoms with Crippen LogP contribution in [0.25, 0.3) is 0 Å². The number of hydrogen-bond donors (Lipinski definition) is 2. The highest BCUT2D eigenvalue weighted by Crippen LogP contribution is 2.62. The maximum atomic E-state index is 6.08. The molecule has 26 heavy (non-hydrogen) atoms. The zero-order valence-corrected chi connectivity index (χ0v) is 16.6. The zero-order valence-electron chi connectivity index (χ0n) is 16.6. The summed E-state index contributed by atoms with van der Waals surface area (Å²) in [6.07, 6.45) is 8.58. The zero-order chi connectivity index (χ0) is 17.9. The Morgan fingerprint density at radius 1 is 0.962 bits per heavy atom. The average Bonchev–Trinajstić information content (AvgIpc) is 3.01. The number of aliphatic imine (C=N–C) groups is 1. The van der Waals surface area contributed by atoms with Crippen molar-refractivity contribution in [3.63, 3.8) is 0 Å². The van der Waals surface area contributed by atoms with E-state index >= 15 is 0 Å². The highest BCUT2D eigenvalue weighted by atomic mass is 16.5. The highest BCUT2D eigenvalue weighted by molar-refractivity contribution is 5.81. The standard InChI is InChI=1S/C21H35N3O2/c1-4-22-19(23-15-13-7-5-11-25-17(13)20(15,2)3)24-16-14-8-12-26-18(14)21(16)9-6-10-21/h13-18H,4-12H2,1-3H3,(H2,22,23,24). The summed E-state index contributed by atoms with van der Waals surface area (Å²) in [6, 6.07) is 1.00. The van der Waals surface area contributed by atoms with Gasteiger partial charge in [-0.3, -0.25) is 4.99 Å². The van der Waals surface area contributed by atoms with E-state index in [1.807, 2.05) is 0 Å². The Kier molecular flexibility index (Phi) is 4.06. The summed E-state index contributed by atoms with van der Waals surface area (Å²) in [6.45, 7) is 9.51. The second kappa shape index (κ2) is 6.10. The summed E-state index contributed by atoms with van der Waals surface area (Å²) in [7, 11) is 0. The third kappa shape index (κ3) is 2.25. The van der Waals surface area contributed by atoms with Crippen molar-refractivity contribution in [2.75, 3.05) is 19.8 Å². The molecule has 5 nitrogen and oxygen atoms in total. The molecule has 5 fully saturated rings. The second-order valence-electron chi connectivity index (χ2n) is 9.82. The lowest BCUT2D eigenvalue weighted by atomic mass is 9.46. The number of ether oxygens (including phenoxy) is 2. The Hall–Kier alpha value is -0.810. The van der Waals surface area contributed by atoms with Crippen molar-refractivity contribution in [1.82, 2.24) is 10.6 Å². The number of rotatable bonds is 3. The van der Waals surface area contributed by atoms with Crippen LogP contribution < -0.4 is 10.6 Å². The maximum absolute atomic E-state index is 6.08. The quantitative estimate of drug-likeness (QED) is 0.599. The van der Waals surface area contributed by atoms with Crippen molar-refractivity contribution in [1.29, 1.82) is 0 Å². The van der Waals surface area contributed by atoms with Crippen LogP contribution in [0.4, 0.5) is 0 Å². The molecular weight excluding hydrogens is 326 g/mol. The molecule has 0 aromatic carbocycles. The largest absolute Gasteiger partial charge is 0.377 e. The molecule has 5 heteroatoms.